The fourth-order valence-electron chi connectivity index (χ4n) is 1.83. The van der Waals surface area contributed by atoms with Gasteiger partial charge in [0, 0.05) is 11.6 Å². The van der Waals surface area contributed by atoms with Crippen LogP contribution < -0.4 is 9.47 Å². The molecule has 0 bridgehead atoms. The van der Waals surface area contributed by atoms with Crippen LogP contribution in [0.15, 0.2) is 42.5 Å². The SMILES string of the molecule is COc1ccc(CO)c(OCc2ccc(CO)cc2)c1. The first-order valence-electron chi connectivity index (χ1n) is 6.36. The van der Waals surface area contributed by atoms with Gasteiger partial charge in [0.15, 0.2) is 0 Å². The third-order valence-corrected chi connectivity index (χ3v) is 3.04. The lowest BCUT2D eigenvalue weighted by molar-refractivity contribution is 0.257. The molecule has 0 saturated carbocycles. The fourth-order valence-corrected chi connectivity index (χ4v) is 1.83. The Hall–Kier alpha value is -2.04. The van der Waals surface area contributed by atoms with Crippen molar-refractivity contribution >= 4 is 0 Å². The Kier molecular flexibility index (Phi) is 4.98. The van der Waals surface area contributed by atoms with Gasteiger partial charge < -0.3 is 19.7 Å². The highest BCUT2D eigenvalue weighted by Gasteiger charge is 2.05. The third kappa shape index (κ3) is 3.50. The molecule has 0 fully saturated rings. The molecule has 20 heavy (non-hydrogen) atoms. The molecular formula is C16H18O4. The molecule has 2 rings (SSSR count). The van der Waals surface area contributed by atoms with E-state index >= 15 is 0 Å². The molecule has 0 radical (unpaired) electrons. The molecular weight excluding hydrogens is 256 g/mol. The Bertz CT molecular complexity index is 549. The van der Waals surface area contributed by atoms with E-state index in [1.165, 1.54) is 0 Å². The molecule has 4 heteroatoms. The van der Waals surface area contributed by atoms with Crippen molar-refractivity contribution in [1.82, 2.24) is 0 Å². The molecule has 0 saturated heterocycles. The highest BCUT2D eigenvalue weighted by atomic mass is 16.5. The predicted molar refractivity (Wildman–Crippen MR) is 75.6 cm³/mol. The molecule has 0 aliphatic carbocycles. The summed E-state index contributed by atoms with van der Waals surface area (Å²) < 4.78 is 10.9. The zero-order chi connectivity index (χ0) is 14.4. The lowest BCUT2D eigenvalue weighted by Crippen LogP contribution is -1.99. The van der Waals surface area contributed by atoms with Crippen LogP contribution in [0.1, 0.15) is 16.7 Å². The largest absolute Gasteiger partial charge is 0.497 e. The van der Waals surface area contributed by atoms with Crippen LogP contribution in [0, 0.1) is 0 Å². The van der Waals surface area contributed by atoms with Crippen molar-refractivity contribution in [2.75, 3.05) is 7.11 Å². The molecule has 0 spiro atoms. The lowest BCUT2D eigenvalue weighted by atomic mass is 10.1. The van der Waals surface area contributed by atoms with Crippen LogP contribution in [0.2, 0.25) is 0 Å². The standard InChI is InChI=1S/C16H18O4/c1-19-15-7-6-14(10-18)16(8-15)20-11-13-4-2-12(9-17)3-5-13/h2-8,17-18H,9-11H2,1H3. The molecule has 0 atom stereocenters. The molecule has 0 aliphatic heterocycles. The van der Waals surface area contributed by atoms with Crippen LogP contribution >= 0.6 is 0 Å². The molecule has 2 N–H and O–H groups in total. The fraction of sp³-hybridized carbons (Fsp3) is 0.250. The summed E-state index contributed by atoms with van der Waals surface area (Å²) in [5, 5.41) is 18.3. The summed E-state index contributed by atoms with van der Waals surface area (Å²) in [6, 6.07) is 12.9. The highest BCUT2D eigenvalue weighted by Crippen LogP contribution is 2.25. The van der Waals surface area contributed by atoms with Crippen LogP contribution in [0.5, 0.6) is 11.5 Å². The van der Waals surface area contributed by atoms with Gasteiger partial charge in [-0.05, 0) is 23.3 Å². The summed E-state index contributed by atoms with van der Waals surface area (Å²) in [5.74, 6) is 1.30. The predicted octanol–water partition coefficient (Wildman–Crippen LogP) is 2.26. The van der Waals surface area contributed by atoms with E-state index < -0.39 is 0 Å². The van der Waals surface area contributed by atoms with Crippen LogP contribution in [0.25, 0.3) is 0 Å². The minimum absolute atomic E-state index is 0.0334. The van der Waals surface area contributed by atoms with E-state index in [1.807, 2.05) is 24.3 Å². The number of rotatable bonds is 6. The minimum Gasteiger partial charge on any atom is -0.497 e. The van der Waals surface area contributed by atoms with Gasteiger partial charge in [-0.2, -0.15) is 0 Å². The summed E-state index contributed by atoms with van der Waals surface area (Å²) in [6.45, 7) is 0.348. The lowest BCUT2D eigenvalue weighted by Gasteiger charge is -2.12. The zero-order valence-electron chi connectivity index (χ0n) is 11.4. The maximum atomic E-state index is 9.30. The van der Waals surface area contributed by atoms with Crippen molar-refractivity contribution < 1.29 is 19.7 Å². The summed E-state index contributed by atoms with van der Waals surface area (Å²) in [5.41, 5.74) is 2.58. The minimum atomic E-state index is -0.0806. The first-order chi connectivity index (χ1) is 9.76. The monoisotopic (exact) mass is 274 g/mol. The first-order valence-corrected chi connectivity index (χ1v) is 6.36. The number of aliphatic hydroxyl groups excluding tert-OH is 2. The number of benzene rings is 2. The van der Waals surface area contributed by atoms with E-state index in [1.54, 1.807) is 25.3 Å². The molecule has 0 unspecified atom stereocenters. The molecule has 0 amide bonds. The van der Waals surface area contributed by atoms with E-state index in [0.29, 0.717) is 18.1 Å². The maximum Gasteiger partial charge on any atom is 0.129 e. The van der Waals surface area contributed by atoms with Gasteiger partial charge in [0.2, 0.25) is 0 Å². The number of aliphatic hydroxyl groups is 2. The number of hydrogen-bond acceptors (Lipinski definition) is 4. The van der Waals surface area contributed by atoms with Gasteiger partial charge in [-0.15, -0.1) is 0 Å². The first kappa shape index (κ1) is 14.4. The molecule has 4 nitrogen and oxygen atoms in total. The molecule has 2 aromatic rings. The van der Waals surface area contributed by atoms with E-state index in [4.69, 9.17) is 14.6 Å². The van der Waals surface area contributed by atoms with Gasteiger partial charge in [0.05, 0.1) is 20.3 Å². The molecule has 0 aromatic heterocycles. The maximum absolute atomic E-state index is 9.30. The topological polar surface area (TPSA) is 58.9 Å². The number of methoxy groups -OCH3 is 1. The second kappa shape index (κ2) is 6.93. The van der Waals surface area contributed by atoms with Crippen molar-refractivity contribution in [2.45, 2.75) is 19.8 Å². The van der Waals surface area contributed by atoms with Crippen LogP contribution in [0.3, 0.4) is 0 Å². The Morgan fingerprint density at radius 2 is 1.60 bits per heavy atom. The van der Waals surface area contributed by atoms with E-state index in [2.05, 4.69) is 0 Å². The Labute approximate surface area is 118 Å². The number of hydrogen-bond donors (Lipinski definition) is 2. The second-order valence-corrected chi connectivity index (χ2v) is 4.40. The Morgan fingerprint density at radius 1 is 0.900 bits per heavy atom. The zero-order valence-corrected chi connectivity index (χ0v) is 11.4. The number of ether oxygens (including phenoxy) is 2. The Morgan fingerprint density at radius 3 is 2.20 bits per heavy atom. The third-order valence-electron chi connectivity index (χ3n) is 3.04. The van der Waals surface area contributed by atoms with Crippen LogP contribution in [-0.2, 0) is 19.8 Å². The van der Waals surface area contributed by atoms with Gasteiger partial charge in [-0.1, -0.05) is 24.3 Å². The van der Waals surface area contributed by atoms with Gasteiger partial charge in [-0.3, -0.25) is 0 Å². The van der Waals surface area contributed by atoms with Crippen LogP contribution in [-0.4, -0.2) is 17.3 Å². The summed E-state index contributed by atoms with van der Waals surface area (Å²) in [7, 11) is 1.59. The molecule has 0 aliphatic rings. The van der Waals surface area contributed by atoms with Crippen molar-refractivity contribution in [2.24, 2.45) is 0 Å². The summed E-state index contributed by atoms with van der Waals surface area (Å²) in [4.78, 5) is 0. The van der Waals surface area contributed by atoms with Crippen molar-refractivity contribution in [1.29, 1.82) is 0 Å². The normalized spacial score (nSPS) is 10.3. The molecule has 106 valence electrons. The highest BCUT2D eigenvalue weighted by molar-refractivity contribution is 5.40. The van der Waals surface area contributed by atoms with Crippen molar-refractivity contribution in [3.05, 3.63) is 59.2 Å². The Balaban J connectivity index is 2.08. The van der Waals surface area contributed by atoms with Crippen molar-refractivity contribution in [3.63, 3.8) is 0 Å². The van der Waals surface area contributed by atoms with Gasteiger partial charge in [-0.25, -0.2) is 0 Å². The van der Waals surface area contributed by atoms with Crippen molar-refractivity contribution in [3.8, 4) is 11.5 Å². The quantitative estimate of drug-likeness (QED) is 0.848. The van der Waals surface area contributed by atoms with Gasteiger partial charge in [0.25, 0.3) is 0 Å². The smallest absolute Gasteiger partial charge is 0.129 e. The van der Waals surface area contributed by atoms with Gasteiger partial charge in [0.1, 0.15) is 18.1 Å². The average Bonchev–Trinajstić information content (AvgIpc) is 2.53. The van der Waals surface area contributed by atoms with E-state index in [-0.39, 0.29) is 13.2 Å². The summed E-state index contributed by atoms with van der Waals surface area (Å²) >= 11 is 0. The second-order valence-electron chi connectivity index (χ2n) is 4.40. The molecule has 2 aromatic carbocycles. The summed E-state index contributed by atoms with van der Waals surface area (Å²) in [6.07, 6.45) is 0. The average molecular weight is 274 g/mol. The molecule has 0 heterocycles. The van der Waals surface area contributed by atoms with E-state index in [9.17, 15) is 5.11 Å². The van der Waals surface area contributed by atoms with Crippen LogP contribution in [0.4, 0.5) is 0 Å². The van der Waals surface area contributed by atoms with Gasteiger partial charge >= 0.3 is 0 Å². The van der Waals surface area contributed by atoms with E-state index in [0.717, 1.165) is 16.7 Å².